The van der Waals surface area contributed by atoms with E-state index in [0.717, 1.165) is 22.1 Å². The molecule has 1 N–H and O–H groups in total. The lowest BCUT2D eigenvalue weighted by atomic mass is 10.2. The number of thiazole rings is 1. The van der Waals surface area contributed by atoms with Crippen molar-refractivity contribution in [2.45, 2.75) is 13.8 Å². The third-order valence-electron chi connectivity index (χ3n) is 1.92. The van der Waals surface area contributed by atoms with Crippen molar-refractivity contribution in [2.24, 2.45) is 5.10 Å². The van der Waals surface area contributed by atoms with Crippen LogP contribution in [0.1, 0.15) is 13.8 Å². The summed E-state index contributed by atoms with van der Waals surface area (Å²) in [6, 6.07) is 10.1. The maximum atomic E-state index is 4.45. The number of rotatable bonds is 3. The normalized spacial score (nSPS) is 9.88. The SMILES string of the molecule is CC(C)=NNc1csc(-c2ccccc2)n1. The average molecular weight is 231 g/mol. The zero-order valence-electron chi connectivity index (χ0n) is 9.27. The number of hydrazone groups is 1. The molecular weight excluding hydrogens is 218 g/mol. The summed E-state index contributed by atoms with van der Waals surface area (Å²) in [7, 11) is 0. The highest BCUT2D eigenvalue weighted by Gasteiger charge is 2.02. The van der Waals surface area contributed by atoms with E-state index >= 15 is 0 Å². The Hall–Kier alpha value is -1.68. The summed E-state index contributed by atoms with van der Waals surface area (Å²) in [6.45, 7) is 3.88. The molecule has 0 atom stereocenters. The number of anilines is 1. The van der Waals surface area contributed by atoms with Crippen molar-refractivity contribution in [1.29, 1.82) is 0 Å². The molecule has 0 aliphatic heterocycles. The maximum absolute atomic E-state index is 4.45. The van der Waals surface area contributed by atoms with Crippen LogP contribution in [0, 0.1) is 0 Å². The van der Waals surface area contributed by atoms with Crippen LogP contribution >= 0.6 is 11.3 Å². The van der Waals surface area contributed by atoms with Gasteiger partial charge in [0.1, 0.15) is 5.01 Å². The van der Waals surface area contributed by atoms with Gasteiger partial charge in [-0.15, -0.1) is 11.3 Å². The first kappa shape index (κ1) is 10.8. The van der Waals surface area contributed by atoms with Crippen molar-refractivity contribution in [1.82, 2.24) is 4.98 Å². The van der Waals surface area contributed by atoms with Crippen molar-refractivity contribution >= 4 is 22.9 Å². The second kappa shape index (κ2) is 4.90. The van der Waals surface area contributed by atoms with Crippen LogP contribution < -0.4 is 5.43 Å². The fraction of sp³-hybridized carbons (Fsp3) is 0.167. The Kier molecular flexibility index (Phi) is 3.31. The second-order valence-electron chi connectivity index (χ2n) is 3.57. The summed E-state index contributed by atoms with van der Waals surface area (Å²) in [5.74, 6) is 0.796. The van der Waals surface area contributed by atoms with Crippen LogP contribution in [-0.4, -0.2) is 10.7 Å². The van der Waals surface area contributed by atoms with E-state index in [1.807, 2.05) is 37.4 Å². The lowest BCUT2D eigenvalue weighted by Crippen LogP contribution is -1.92. The minimum atomic E-state index is 0.796. The summed E-state index contributed by atoms with van der Waals surface area (Å²) in [5.41, 5.74) is 5.04. The molecule has 0 spiro atoms. The molecule has 1 aromatic heterocycles. The van der Waals surface area contributed by atoms with Crippen molar-refractivity contribution in [3.8, 4) is 10.6 Å². The van der Waals surface area contributed by atoms with Gasteiger partial charge in [0.15, 0.2) is 5.82 Å². The van der Waals surface area contributed by atoms with E-state index in [-0.39, 0.29) is 0 Å². The van der Waals surface area contributed by atoms with Gasteiger partial charge in [-0.1, -0.05) is 30.3 Å². The number of benzene rings is 1. The molecule has 0 saturated carbocycles. The van der Waals surface area contributed by atoms with Crippen LogP contribution in [0.4, 0.5) is 5.82 Å². The number of nitrogens with one attached hydrogen (secondary N) is 1. The molecule has 0 radical (unpaired) electrons. The minimum absolute atomic E-state index is 0.796. The van der Waals surface area contributed by atoms with Crippen molar-refractivity contribution in [3.05, 3.63) is 35.7 Å². The van der Waals surface area contributed by atoms with Crippen molar-refractivity contribution in [2.75, 3.05) is 5.43 Å². The molecule has 0 fully saturated rings. The molecule has 2 rings (SSSR count). The molecule has 0 amide bonds. The van der Waals surface area contributed by atoms with Gasteiger partial charge < -0.3 is 0 Å². The van der Waals surface area contributed by atoms with Crippen molar-refractivity contribution < 1.29 is 0 Å². The second-order valence-corrected chi connectivity index (χ2v) is 4.43. The Bertz CT molecular complexity index is 484. The lowest BCUT2D eigenvalue weighted by Gasteiger charge is -1.95. The predicted molar refractivity (Wildman–Crippen MR) is 70.0 cm³/mol. The Morgan fingerprint density at radius 3 is 2.69 bits per heavy atom. The van der Waals surface area contributed by atoms with E-state index in [1.54, 1.807) is 11.3 Å². The maximum Gasteiger partial charge on any atom is 0.157 e. The van der Waals surface area contributed by atoms with E-state index < -0.39 is 0 Å². The van der Waals surface area contributed by atoms with Crippen molar-refractivity contribution in [3.63, 3.8) is 0 Å². The highest BCUT2D eigenvalue weighted by atomic mass is 32.1. The molecule has 0 aliphatic carbocycles. The zero-order chi connectivity index (χ0) is 11.4. The van der Waals surface area contributed by atoms with E-state index in [9.17, 15) is 0 Å². The van der Waals surface area contributed by atoms with Gasteiger partial charge in [0.05, 0.1) is 0 Å². The average Bonchev–Trinajstić information content (AvgIpc) is 2.76. The Labute approximate surface area is 98.9 Å². The molecule has 0 unspecified atom stereocenters. The lowest BCUT2D eigenvalue weighted by molar-refractivity contribution is 1.25. The minimum Gasteiger partial charge on any atom is -0.261 e. The highest BCUT2D eigenvalue weighted by molar-refractivity contribution is 7.13. The molecular formula is C12H13N3S. The van der Waals surface area contributed by atoms with Crippen LogP contribution in [0.3, 0.4) is 0 Å². The van der Waals surface area contributed by atoms with Crippen LogP contribution in [0.5, 0.6) is 0 Å². The standard InChI is InChI=1S/C12H13N3S/c1-9(2)14-15-11-8-16-12(13-11)10-6-4-3-5-7-10/h3-8,15H,1-2H3. The molecule has 0 aliphatic rings. The van der Waals surface area contributed by atoms with Gasteiger partial charge in [-0.2, -0.15) is 5.10 Å². The third kappa shape index (κ3) is 2.67. The number of hydrogen-bond acceptors (Lipinski definition) is 4. The molecule has 1 aromatic carbocycles. The van der Waals surface area contributed by atoms with Gasteiger partial charge in [0.25, 0.3) is 0 Å². The molecule has 2 aromatic rings. The van der Waals surface area contributed by atoms with Crippen LogP contribution in [0.25, 0.3) is 10.6 Å². The summed E-state index contributed by atoms with van der Waals surface area (Å²) in [4.78, 5) is 4.45. The highest BCUT2D eigenvalue weighted by Crippen LogP contribution is 2.25. The molecule has 16 heavy (non-hydrogen) atoms. The Morgan fingerprint density at radius 2 is 2.00 bits per heavy atom. The Balaban J connectivity index is 2.17. The van der Waals surface area contributed by atoms with Gasteiger partial charge in [-0.3, -0.25) is 5.43 Å². The van der Waals surface area contributed by atoms with Gasteiger partial charge in [0, 0.05) is 16.7 Å². The number of hydrogen-bond donors (Lipinski definition) is 1. The fourth-order valence-corrected chi connectivity index (χ4v) is 1.96. The van der Waals surface area contributed by atoms with Crippen LogP contribution in [0.2, 0.25) is 0 Å². The topological polar surface area (TPSA) is 37.3 Å². The molecule has 1 heterocycles. The summed E-state index contributed by atoms with van der Waals surface area (Å²) in [5, 5.41) is 7.09. The summed E-state index contributed by atoms with van der Waals surface area (Å²) >= 11 is 1.61. The zero-order valence-corrected chi connectivity index (χ0v) is 10.1. The molecule has 0 saturated heterocycles. The summed E-state index contributed by atoms with van der Waals surface area (Å²) in [6.07, 6.45) is 0. The Morgan fingerprint density at radius 1 is 1.25 bits per heavy atom. The van der Waals surface area contributed by atoms with Gasteiger partial charge >= 0.3 is 0 Å². The van der Waals surface area contributed by atoms with Crippen LogP contribution in [-0.2, 0) is 0 Å². The van der Waals surface area contributed by atoms with Gasteiger partial charge in [-0.05, 0) is 13.8 Å². The van der Waals surface area contributed by atoms with Crippen LogP contribution in [0.15, 0.2) is 40.8 Å². The quantitative estimate of drug-likeness (QED) is 0.647. The van der Waals surface area contributed by atoms with Gasteiger partial charge in [-0.25, -0.2) is 4.98 Å². The third-order valence-corrected chi connectivity index (χ3v) is 2.81. The first-order valence-corrected chi connectivity index (χ1v) is 5.91. The molecule has 0 bridgehead atoms. The van der Waals surface area contributed by atoms with E-state index in [0.29, 0.717) is 0 Å². The number of nitrogens with zero attached hydrogens (tertiary/aromatic N) is 2. The van der Waals surface area contributed by atoms with E-state index in [4.69, 9.17) is 0 Å². The van der Waals surface area contributed by atoms with Gasteiger partial charge in [0.2, 0.25) is 0 Å². The number of aromatic nitrogens is 1. The first-order valence-electron chi connectivity index (χ1n) is 5.03. The largest absolute Gasteiger partial charge is 0.261 e. The fourth-order valence-electron chi connectivity index (χ4n) is 1.21. The smallest absolute Gasteiger partial charge is 0.157 e. The predicted octanol–water partition coefficient (Wildman–Crippen LogP) is 3.62. The van der Waals surface area contributed by atoms with E-state index in [1.165, 1.54) is 0 Å². The first-order chi connectivity index (χ1) is 7.75. The summed E-state index contributed by atoms with van der Waals surface area (Å²) < 4.78 is 0. The van der Waals surface area contributed by atoms with E-state index in [2.05, 4.69) is 27.6 Å². The molecule has 4 heteroatoms. The molecule has 3 nitrogen and oxygen atoms in total. The molecule has 82 valence electrons. The monoisotopic (exact) mass is 231 g/mol.